The van der Waals surface area contributed by atoms with Gasteiger partial charge in [0.15, 0.2) is 0 Å². The molecule has 1 nitrogen and oxygen atoms in total. The van der Waals surface area contributed by atoms with Crippen LogP contribution in [-0.4, -0.2) is 0 Å². The minimum Gasteiger partial charge on any atom is -0.192 e. The van der Waals surface area contributed by atoms with Crippen molar-refractivity contribution < 1.29 is 0 Å². The first-order chi connectivity index (χ1) is 9.13. The number of hydrogen-bond donors (Lipinski definition) is 0. The van der Waals surface area contributed by atoms with Crippen LogP contribution in [0.1, 0.15) is 11.1 Å². The Kier molecular flexibility index (Phi) is 4.50. The van der Waals surface area contributed by atoms with Crippen molar-refractivity contribution in [3.63, 3.8) is 0 Å². The lowest BCUT2D eigenvalue weighted by Gasteiger charge is -2.05. The summed E-state index contributed by atoms with van der Waals surface area (Å²) in [7, 11) is 0. The molecule has 0 spiro atoms. The fourth-order valence-electron chi connectivity index (χ4n) is 1.62. The first-order valence-electron chi connectivity index (χ1n) is 5.44. The molecule has 0 saturated carbocycles. The lowest BCUT2D eigenvalue weighted by atomic mass is 10.0. The van der Waals surface area contributed by atoms with Crippen molar-refractivity contribution in [3.8, 4) is 6.07 Å². The first kappa shape index (κ1) is 14.0. The summed E-state index contributed by atoms with van der Waals surface area (Å²) in [5.74, 6) is 0. The molecule has 0 aromatic heterocycles. The molecule has 0 amide bonds. The Bertz CT molecular complexity index is 670. The average molecular weight is 309 g/mol. The molecule has 94 valence electrons. The van der Waals surface area contributed by atoms with Gasteiger partial charge in [-0.1, -0.05) is 71.2 Å². The van der Waals surface area contributed by atoms with Crippen molar-refractivity contribution in [1.29, 1.82) is 5.26 Å². The topological polar surface area (TPSA) is 23.8 Å². The maximum atomic E-state index is 9.28. The van der Waals surface area contributed by atoms with Crippen molar-refractivity contribution in [1.82, 2.24) is 0 Å². The number of allylic oxidation sites excluding steroid dienone is 1. The van der Waals surface area contributed by atoms with Gasteiger partial charge in [0.2, 0.25) is 0 Å². The molecular formula is C15H8Cl3N. The molecule has 0 radical (unpaired) electrons. The first-order valence-corrected chi connectivity index (χ1v) is 6.57. The SMILES string of the molecule is N#CC(=C(Cl)c1ccc(Cl)c(Cl)c1)c1ccccc1. The van der Waals surface area contributed by atoms with Crippen LogP contribution >= 0.6 is 34.8 Å². The average Bonchev–Trinajstić information content (AvgIpc) is 2.44. The van der Waals surface area contributed by atoms with E-state index in [0.717, 1.165) is 5.56 Å². The number of nitrogens with zero attached hydrogens (tertiary/aromatic N) is 1. The van der Waals surface area contributed by atoms with E-state index in [1.165, 1.54) is 0 Å². The van der Waals surface area contributed by atoms with Gasteiger partial charge in [-0.05, 0) is 23.3 Å². The molecule has 0 atom stereocenters. The van der Waals surface area contributed by atoms with Crippen LogP contribution in [-0.2, 0) is 0 Å². The third-order valence-corrected chi connectivity index (χ3v) is 3.71. The highest BCUT2D eigenvalue weighted by molar-refractivity contribution is 6.53. The highest BCUT2D eigenvalue weighted by Gasteiger charge is 2.10. The summed E-state index contributed by atoms with van der Waals surface area (Å²) in [6.45, 7) is 0. The van der Waals surface area contributed by atoms with Gasteiger partial charge < -0.3 is 0 Å². The second-order valence-electron chi connectivity index (χ2n) is 3.80. The molecular weight excluding hydrogens is 301 g/mol. The van der Waals surface area contributed by atoms with E-state index in [0.29, 0.717) is 26.2 Å². The lowest BCUT2D eigenvalue weighted by Crippen LogP contribution is -1.86. The molecule has 2 aromatic rings. The van der Waals surface area contributed by atoms with Gasteiger partial charge in [0, 0.05) is 0 Å². The second kappa shape index (κ2) is 6.12. The van der Waals surface area contributed by atoms with Crippen LogP contribution < -0.4 is 0 Å². The highest BCUT2D eigenvalue weighted by atomic mass is 35.5. The quantitative estimate of drug-likeness (QED) is 0.521. The Labute approximate surface area is 126 Å². The molecule has 0 aliphatic carbocycles. The van der Waals surface area contributed by atoms with Crippen molar-refractivity contribution in [2.45, 2.75) is 0 Å². The summed E-state index contributed by atoms with van der Waals surface area (Å²) in [6.07, 6.45) is 0. The fourth-order valence-corrected chi connectivity index (χ4v) is 2.19. The van der Waals surface area contributed by atoms with Crippen molar-refractivity contribution in [3.05, 3.63) is 69.7 Å². The van der Waals surface area contributed by atoms with Crippen LogP contribution in [0, 0.1) is 11.3 Å². The van der Waals surface area contributed by atoms with Gasteiger partial charge in [-0.2, -0.15) is 5.26 Å². The standard InChI is InChI=1S/C15H8Cl3N/c16-13-7-6-11(8-14(13)17)15(18)12(9-19)10-4-2-1-3-5-10/h1-8H. The van der Waals surface area contributed by atoms with Gasteiger partial charge in [0.25, 0.3) is 0 Å². The van der Waals surface area contributed by atoms with Crippen LogP contribution in [0.15, 0.2) is 48.5 Å². The fraction of sp³-hybridized carbons (Fsp3) is 0. The minimum absolute atomic E-state index is 0.354. The van der Waals surface area contributed by atoms with Crippen LogP contribution in [0.3, 0.4) is 0 Å². The van der Waals surface area contributed by atoms with E-state index in [-0.39, 0.29) is 0 Å². The third kappa shape index (κ3) is 3.11. The highest BCUT2D eigenvalue weighted by Crippen LogP contribution is 2.32. The molecule has 4 heteroatoms. The van der Waals surface area contributed by atoms with Gasteiger partial charge in [-0.15, -0.1) is 0 Å². The lowest BCUT2D eigenvalue weighted by molar-refractivity contribution is 1.52. The van der Waals surface area contributed by atoms with Gasteiger partial charge in [-0.25, -0.2) is 0 Å². The van der Waals surface area contributed by atoms with Crippen LogP contribution in [0.5, 0.6) is 0 Å². The van der Waals surface area contributed by atoms with Gasteiger partial charge in [-0.3, -0.25) is 0 Å². The Morgan fingerprint density at radius 1 is 0.895 bits per heavy atom. The number of hydrogen-bond acceptors (Lipinski definition) is 1. The van der Waals surface area contributed by atoms with Gasteiger partial charge in [0.1, 0.15) is 6.07 Å². The summed E-state index contributed by atoms with van der Waals surface area (Å²) in [6, 6.07) is 16.4. The molecule has 0 N–H and O–H groups in total. The number of halogens is 3. The second-order valence-corrected chi connectivity index (χ2v) is 4.99. The zero-order valence-corrected chi connectivity index (χ0v) is 12.0. The van der Waals surface area contributed by atoms with Crippen LogP contribution in [0.4, 0.5) is 0 Å². The molecule has 0 saturated heterocycles. The molecule has 0 aliphatic heterocycles. The van der Waals surface area contributed by atoms with Crippen molar-refractivity contribution in [2.24, 2.45) is 0 Å². The summed E-state index contributed by atoms with van der Waals surface area (Å²) in [5.41, 5.74) is 1.83. The monoisotopic (exact) mass is 307 g/mol. The molecule has 0 unspecified atom stereocenters. The van der Waals surface area contributed by atoms with E-state index in [9.17, 15) is 5.26 Å². The summed E-state index contributed by atoms with van der Waals surface area (Å²) >= 11 is 18.1. The van der Waals surface area contributed by atoms with E-state index < -0.39 is 0 Å². The molecule has 2 aromatic carbocycles. The Morgan fingerprint density at radius 3 is 2.16 bits per heavy atom. The predicted octanol–water partition coefficient (Wildman–Crippen LogP) is 5.62. The normalized spacial score (nSPS) is 11.7. The molecule has 0 bridgehead atoms. The molecule has 19 heavy (non-hydrogen) atoms. The summed E-state index contributed by atoms with van der Waals surface area (Å²) in [4.78, 5) is 0. The Balaban J connectivity index is 2.56. The number of benzene rings is 2. The Hall–Kier alpha value is -1.46. The molecule has 0 aliphatic rings. The summed E-state index contributed by atoms with van der Waals surface area (Å²) in [5, 5.41) is 10.5. The van der Waals surface area contributed by atoms with E-state index in [1.807, 2.05) is 30.3 Å². The van der Waals surface area contributed by atoms with Gasteiger partial charge >= 0.3 is 0 Å². The van der Waals surface area contributed by atoms with Crippen molar-refractivity contribution >= 4 is 45.4 Å². The van der Waals surface area contributed by atoms with E-state index in [4.69, 9.17) is 34.8 Å². The third-order valence-electron chi connectivity index (χ3n) is 2.57. The zero-order chi connectivity index (χ0) is 13.8. The zero-order valence-electron chi connectivity index (χ0n) is 9.70. The van der Waals surface area contributed by atoms with Crippen LogP contribution in [0.2, 0.25) is 10.0 Å². The van der Waals surface area contributed by atoms with E-state index in [2.05, 4.69) is 6.07 Å². The molecule has 2 rings (SSSR count). The largest absolute Gasteiger partial charge is 0.192 e. The van der Waals surface area contributed by atoms with Crippen LogP contribution in [0.25, 0.3) is 10.6 Å². The van der Waals surface area contributed by atoms with E-state index >= 15 is 0 Å². The van der Waals surface area contributed by atoms with Crippen molar-refractivity contribution in [2.75, 3.05) is 0 Å². The maximum Gasteiger partial charge on any atom is 0.101 e. The maximum absolute atomic E-state index is 9.28. The van der Waals surface area contributed by atoms with E-state index in [1.54, 1.807) is 18.2 Å². The minimum atomic E-state index is 0.354. The number of nitriles is 1. The summed E-state index contributed by atoms with van der Waals surface area (Å²) < 4.78 is 0. The smallest absolute Gasteiger partial charge is 0.101 e. The van der Waals surface area contributed by atoms with Gasteiger partial charge in [0.05, 0.1) is 20.7 Å². The molecule has 0 heterocycles. The Morgan fingerprint density at radius 2 is 1.58 bits per heavy atom. The molecule has 0 fully saturated rings. The predicted molar refractivity (Wildman–Crippen MR) is 81.2 cm³/mol. The number of rotatable bonds is 2.